The molecule has 0 aromatic heterocycles. The van der Waals surface area contributed by atoms with E-state index in [-0.39, 0.29) is 0 Å². The predicted molar refractivity (Wildman–Crippen MR) is 85.2 cm³/mol. The Hall–Kier alpha value is -1.60. The quantitative estimate of drug-likeness (QED) is 0.811. The molecule has 1 fully saturated rings. The maximum atomic E-state index is 2.41. The van der Waals surface area contributed by atoms with Crippen molar-refractivity contribution in [3.8, 4) is 0 Å². The van der Waals surface area contributed by atoms with Crippen molar-refractivity contribution < 1.29 is 0 Å². The molecule has 3 rings (SSSR count). The van der Waals surface area contributed by atoms with Gasteiger partial charge in [-0.1, -0.05) is 54.1 Å². The van der Waals surface area contributed by atoms with Crippen LogP contribution in [0.2, 0.25) is 0 Å². The van der Waals surface area contributed by atoms with Gasteiger partial charge in [0.2, 0.25) is 0 Å². The summed E-state index contributed by atoms with van der Waals surface area (Å²) in [6.45, 7) is 6.83. The van der Waals surface area contributed by atoms with Gasteiger partial charge in [-0.05, 0) is 43.5 Å². The third-order valence-electron chi connectivity index (χ3n) is 4.49. The molecule has 1 nitrogen and oxygen atoms in total. The lowest BCUT2D eigenvalue weighted by Gasteiger charge is -2.42. The van der Waals surface area contributed by atoms with E-state index >= 15 is 0 Å². The summed E-state index contributed by atoms with van der Waals surface area (Å²) in [5.41, 5.74) is 5.73. The average molecular weight is 265 g/mol. The summed E-state index contributed by atoms with van der Waals surface area (Å²) < 4.78 is 0. The lowest BCUT2D eigenvalue weighted by atomic mass is 9.75. The molecule has 0 N–H and O–H groups in total. The van der Waals surface area contributed by atoms with E-state index in [0.717, 1.165) is 5.92 Å². The van der Waals surface area contributed by atoms with Crippen molar-refractivity contribution >= 4 is 0 Å². The maximum absolute atomic E-state index is 2.41. The zero-order valence-corrected chi connectivity index (χ0v) is 12.6. The Morgan fingerprint density at radius 1 is 1.00 bits per heavy atom. The molecular weight excluding hydrogens is 242 g/mol. The SMILES string of the molecule is Cc1cccc(C(c2ccccc2C)C2CN(C)C2)c1. The highest BCUT2D eigenvalue weighted by atomic mass is 15.2. The molecular formula is C19H23N. The molecule has 0 bridgehead atoms. The number of hydrogen-bond acceptors (Lipinski definition) is 1. The minimum Gasteiger partial charge on any atom is -0.306 e. The molecule has 0 spiro atoms. The van der Waals surface area contributed by atoms with Crippen LogP contribution in [0.3, 0.4) is 0 Å². The average Bonchev–Trinajstić information content (AvgIpc) is 2.39. The minimum atomic E-state index is 0.535. The van der Waals surface area contributed by atoms with Gasteiger partial charge < -0.3 is 4.90 Å². The summed E-state index contributed by atoms with van der Waals surface area (Å²) in [7, 11) is 2.21. The molecule has 2 aromatic rings. The zero-order valence-electron chi connectivity index (χ0n) is 12.6. The van der Waals surface area contributed by atoms with E-state index in [9.17, 15) is 0 Å². The normalized spacial score (nSPS) is 17.8. The molecule has 0 radical (unpaired) electrons. The minimum absolute atomic E-state index is 0.535. The van der Waals surface area contributed by atoms with Crippen LogP contribution in [0.4, 0.5) is 0 Å². The Morgan fingerprint density at radius 3 is 2.40 bits per heavy atom. The van der Waals surface area contributed by atoms with Crippen LogP contribution in [0.15, 0.2) is 48.5 Å². The van der Waals surface area contributed by atoms with E-state index in [1.54, 1.807) is 0 Å². The lowest BCUT2D eigenvalue weighted by molar-refractivity contribution is 0.120. The highest BCUT2D eigenvalue weighted by Crippen LogP contribution is 2.38. The summed E-state index contributed by atoms with van der Waals surface area (Å²) >= 11 is 0. The third-order valence-corrected chi connectivity index (χ3v) is 4.49. The monoisotopic (exact) mass is 265 g/mol. The van der Waals surface area contributed by atoms with Crippen LogP contribution in [0.1, 0.15) is 28.2 Å². The summed E-state index contributed by atoms with van der Waals surface area (Å²) in [6.07, 6.45) is 0. The largest absolute Gasteiger partial charge is 0.306 e. The Morgan fingerprint density at radius 2 is 1.75 bits per heavy atom. The van der Waals surface area contributed by atoms with Crippen molar-refractivity contribution in [1.82, 2.24) is 4.90 Å². The highest BCUT2D eigenvalue weighted by Gasteiger charge is 2.33. The van der Waals surface area contributed by atoms with E-state index in [2.05, 4.69) is 74.3 Å². The number of benzene rings is 2. The van der Waals surface area contributed by atoms with Crippen molar-refractivity contribution in [1.29, 1.82) is 0 Å². The molecule has 1 heteroatoms. The van der Waals surface area contributed by atoms with Gasteiger partial charge in [0.05, 0.1) is 0 Å². The smallest absolute Gasteiger partial charge is 0.0145 e. The number of rotatable bonds is 3. The van der Waals surface area contributed by atoms with E-state index < -0.39 is 0 Å². The molecule has 1 heterocycles. The Balaban J connectivity index is 2.03. The van der Waals surface area contributed by atoms with E-state index in [1.807, 2.05) is 0 Å². The maximum Gasteiger partial charge on any atom is 0.0145 e. The second-order valence-corrected chi connectivity index (χ2v) is 6.23. The first kappa shape index (κ1) is 13.4. The fraction of sp³-hybridized carbons (Fsp3) is 0.368. The van der Waals surface area contributed by atoms with Crippen molar-refractivity contribution in [3.05, 3.63) is 70.8 Å². The van der Waals surface area contributed by atoms with Gasteiger partial charge in [0.15, 0.2) is 0 Å². The molecule has 20 heavy (non-hydrogen) atoms. The standard InChI is InChI=1S/C19H23N/c1-14-7-6-9-16(11-14)19(17-12-20(3)13-17)18-10-5-4-8-15(18)2/h4-11,17,19H,12-13H2,1-3H3. The van der Waals surface area contributed by atoms with Gasteiger partial charge in [-0.2, -0.15) is 0 Å². The van der Waals surface area contributed by atoms with Gasteiger partial charge in [-0.25, -0.2) is 0 Å². The van der Waals surface area contributed by atoms with Crippen LogP contribution in [0, 0.1) is 19.8 Å². The lowest BCUT2D eigenvalue weighted by Crippen LogP contribution is -2.47. The van der Waals surface area contributed by atoms with Crippen LogP contribution < -0.4 is 0 Å². The Labute approximate surface area is 122 Å². The summed E-state index contributed by atoms with van der Waals surface area (Å²) in [4.78, 5) is 2.41. The topological polar surface area (TPSA) is 3.24 Å². The zero-order chi connectivity index (χ0) is 14.1. The van der Waals surface area contributed by atoms with E-state index in [0.29, 0.717) is 5.92 Å². The van der Waals surface area contributed by atoms with Crippen molar-refractivity contribution in [2.24, 2.45) is 5.92 Å². The van der Waals surface area contributed by atoms with Crippen molar-refractivity contribution in [3.63, 3.8) is 0 Å². The number of likely N-dealkylation sites (tertiary alicyclic amines) is 1. The van der Waals surface area contributed by atoms with Gasteiger partial charge >= 0.3 is 0 Å². The van der Waals surface area contributed by atoms with Gasteiger partial charge in [0.1, 0.15) is 0 Å². The second kappa shape index (κ2) is 5.41. The molecule has 1 atom stereocenters. The van der Waals surface area contributed by atoms with Crippen LogP contribution >= 0.6 is 0 Å². The van der Waals surface area contributed by atoms with E-state index in [1.165, 1.54) is 35.3 Å². The molecule has 0 aliphatic carbocycles. The summed E-state index contributed by atoms with van der Waals surface area (Å²) in [6, 6.07) is 17.9. The Bertz CT molecular complexity index is 596. The van der Waals surface area contributed by atoms with Crippen molar-refractivity contribution in [2.75, 3.05) is 20.1 Å². The van der Waals surface area contributed by atoms with Crippen LogP contribution in [-0.4, -0.2) is 25.0 Å². The van der Waals surface area contributed by atoms with Crippen LogP contribution in [0.5, 0.6) is 0 Å². The molecule has 1 saturated heterocycles. The third kappa shape index (κ3) is 2.51. The number of aryl methyl sites for hydroxylation is 2. The van der Waals surface area contributed by atoms with Crippen molar-refractivity contribution in [2.45, 2.75) is 19.8 Å². The number of hydrogen-bond donors (Lipinski definition) is 0. The van der Waals surface area contributed by atoms with Crippen LogP contribution in [0.25, 0.3) is 0 Å². The molecule has 1 unspecified atom stereocenters. The molecule has 2 aromatic carbocycles. The first-order chi connectivity index (χ1) is 9.65. The Kier molecular flexibility index (Phi) is 3.62. The summed E-state index contributed by atoms with van der Waals surface area (Å²) in [5, 5.41) is 0. The van der Waals surface area contributed by atoms with Gasteiger partial charge in [0.25, 0.3) is 0 Å². The predicted octanol–water partition coefficient (Wildman–Crippen LogP) is 4.00. The highest BCUT2D eigenvalue weighted by molar-refractivity contribution is 5.40. The second-order valence-electron chi connectivity index (χ2n) is 6.23. The van der Waals surface area contributed by atoms with Gasteiger partial charge in [-0.3, -0.25) is 0 Å². The molecule has 0 amide bonds. The molecule has 0 saturated carbocycles. The molecule has 104 valence electrons. The van der Waals surface area contributed by atoms with E-state index in [4.69, 9.17) is 0 Å². The first-order valence-corrected chi connectivity index (χ1v) is 7.46. The molecule has 1 aliphatic heterocycles. The van der Waals surface area contributed by atoms with Gasteiger partial charge in [0, 0.05) is 19.0 Å². The fourth-order valence-corrected chi connectivity index (χ4v) is 3.46. The fourth-order valence-electron chi connectivity index (χ4n) is 3.46. The van der Waals surface area contributed by atoms with Crippen LogP contribution in [-0.2, 0) is 0 Å². The molecule has 1 aliphatic rings. The number of nitrogens with zero attached hydrogens (tertiary/aromatic N) is 1. The summed E-state index contributed by atoms with van der Waals surface area (Å²) in [5.74, 6) is 1.27. The first-order valence-electron chi connectivity index (χ1n) is 7.46. The van der Waals surface area contributed by atoms with Gasteiger partial charge in [-0.15, -0.1) is 0 Å².